The summed E-state index contributed by atoms with van der Waals surface area (Å²) in [6.07, 6.45) is 0.0465. The number of hydrogen-bond donors (Lipinski definition) is 1. The molecule has 19 heavy (non-hydrogen) atoms. The molecule has 4 nitrogen and oxygen atoms in total. The molecule has 0 amide bonds. The van der Waals surface area contributed by atoms with Gasteiger partial charge in [0.05, 0.1) is 32.0 Å². The number of rotatable bonds is 9. The summed E-state index contributed by atoms with van der Waals surface area (Å²) >= 11 is 0. The lowest BCUT2D eigenvalue weighted by molar-refractivity contribution is -0.00853. The van der Waals surface area contributed by atoms with Crippen LogP contribution in [0.25, 0.3) is 0 Å². The van der Waals surface area contributed by atoms with E-state index in [9.17, 15) is 0 Å². The van der Waals surface area contributed by atoms with Gasteiger partial charge in [-0.3, -0.25) is 0 Å². The van der Waals surface area contributed by atoms with Crippen molar-refractivity contribution in [2.24, 2.45) is 5.73 Å². The molecule has 0 saturated heterocycles. The van der Waals surface area contributed by atoms with Crippen molar-refractivity contribution in [3.05, 3.63) is 29.8 Å². The van der Waals surface area contributed by atoms with E-state index in [2.05, 4.69) is 0 Å². The van der Waals surface area contributed by atoms with Crippen LogP contribution >= 0.6 is 0 Å². The second-order valence-corrected chi connectivity index (χ2v) is 4.38. The van der Waals surface area contributed by atoms with Crippen molar-refractivity contribution in [1.82, 2.24) is 0 Å². The van der Waals surface area contributed by atoms with Crippen LogP contribution in [0, 0.1) is 0 Å². The minimum absolute atomic E-state index is 0.0465. The van der Waals surface area contributed by atoms with Crippen LogP contribution < -0.4 is 10.5 Å². The molecule has 2 N–H and O–H groups in total. The standard InChI is InChI=1S/C15H25NO3/c1-4-17-10-12(3)19-11-14(16)13-8-6-7-9-15(13)18-5-2/h6-9,12,14H,4-5,10-11,16H2,1-3H3. The van der Waals surface area contributed by atoms with Gasteiger partial charge in [-0.15, -0.1) is 0 Å². The molecule has 1 aromatic rings. The molecule has 0 radical (unpaired) electrons. The molecular weight excluding hydrogens is 242 g/mol. The highest BCUT2D eigenvalue weighted by atomic mass is 16.5. The highest BCUT2D eigenvalue weighted by Crippen LogP contribution is 2.24. The molecule has 1 aromatic carbocycles. The molecule has 1 rings (SSSR count). The molecule has 4 heteroatoms. The Morgan fingerprint density at radius 3 is 2.53 bits per heavy atom. The molecular formula is C15H25NO3. The van der Waals surface area contributed by atoms with Crippen molar-refractivity contribution in [3.63, 3.8) is 0 Å². The Labute approximate surface area is 115 Å². The van der Waals surface area contributed by atoms with Gasteiger partial charge in [-0.05, 0) is 26.8 Å². The van der Waals surface area contributed by atoms with E-state index in [1.54, 1.807) is 0 Å². The fourth-order valence-corrected chi connectivity index (χ4v) is 1.76. The number of benzene rings is 1. The zero-order chi connectivity index (χ0) is 14.1. The first-order chi connectivity index (χ1) is 9.19. The average Bonchev–Trinajstić information content (AvgIpc) is 2.43. The van der Waals surface area contributed by atoms with Crippen LogP contribution in [0.1, 0.15) is 32.4 Å². The van der Waals surface area contributed by atoms with Crippen LogP contribution in [-0.2, 0) is 9.47 Å². The molecule has 0 aliphatic carbocycles. The normalized spacial score (nSPS) is 14.1. The first kappa shape index (κ1) is 16.0. The van der Waals surface area contributed by atoms with Crippen molar-refractivity contribution in [1.29, 1.82) is 0 Å². The zero-order valence-corrected chi connectivity index (χ0v) is 12.1. The molecule has 0 aromatic heterocycles. The predicted octanol–water partition coefficient (Wildman–Crippen LogP) is 2.53. The fraction of sp³-hybridized carbons (Fsp3) is 0.600. The van der Waals surface area contributed by atoms with E-state index in [0.29, 0.717) is 26.4 Å². The monoisotopic (exact) mass is 267 g/mol. The minimum Gasteiger partial charge on any atom is -0.494 e. The van der Waals surface area contributed by atoms with Crippen LogP contribution in [0.3, 0.4) is 0 Å². The first-order valence-corrected chi connectivity index (χ1v) is 6.85. The third-order valence-electron chi connectivity index (χ3n) is 2.74. The average molecular weight is 267 g/mol. The second-order valence-electron chi connectivity index (χ2n) is 4.38. The lowest BCUT2D eigenvalue weighted by Crippen LogP contribution is -2.24. The van der Waals surface area contributed by atoms with Gasteiger partial charge in [-0.1, -0.05) is 18.2 Å². The molecule has 0 heterocycles. The van der Waals surface area contributed by atoms with Gasteiger partial charge in [0.25, 0.3) is 0 Å². The lowest BCUT2D eigenvalue weighted by Gasteiger charge is -2.19. The first-order valence-electron chi connectivity index (χ1n) is 6.85. The fourth-order valence-electron chi connectivity index (χ4n) is 1.76. The molecule has 0 aliphatic rings. The Kier molecular flexibility index (Phi) is 7.48. The van der Waals surface area contributed by atoms with Crippen molar-refractivity contribution in [2.45, 2.75) is 32.9 Å². The molecule has 0 fully saturated rings. The molecule has 108 valence electrons. The van der Waals surface area contributed by atoms with Gasteiger partial charge in [0.1, 0.15) is 5.75 Å². The number of para-hydroxylation sites is 1. The third-order valence-corrected chi connectivity index (χ3v) is 2.74. The van der Waals surface area contributed by atoms with Gasteiger partial charge in [0.2, 0.25) is 0 Å². The summed E-state index contributed by atoms with van der Waals surface area (Å²) in [4.78, 5) is 0. The SMILES string of the molecule is CCOCC(C)OCC(N)c1ccccc1OCC. The largest absolute Gasteiger partial charge is 0.494 e. The van der Waals surface area contributed by atoms with Gasteiger partial charge in [-0.2, -0.15) is 0 Å². The molecule has 2 atom stereocenters. The summed E-state index contributed by atoms with van der Waals surface area (Å²) in [6.45, 7) is 8.30. The highest BCUT2D eigenvalue weighted by Gasteiger charge is 2.13. The summed E-state index contributed by atoms with van der Waals surface area (Å²) < 4.78 is 16.6. The summed E-state index contributed by atoms with van der Waals surface area (Å²) in [7, 11) is 0. The molecule has 0 spiro atoms. The van der Waals surface area contributed by atoms with Gasteiger partial charge < -0.3 is 19.9 Å². The van der Waals surface area contributed by atoms with Gasteiger partial charge in [0.15, 0.2) is 0 Å². The Bertz CT molecular complexity index is 357. The van der Waals surface area contributed by atoms with E-state index >= 15 is 0 Å². The Morgan fingerprint density at radius 2 is 1.84 bits per heavy atom. The van der Waals surface area contributed by atoms with Gasteiger partial charge >= 0.3 is 0 Å². The van der Waals surface area contributed by atoms with E-state index in [1.165, 1.54) is 0 Å². The Morgan fingerprint density at radius 1 is 1.11 bits per heavy atom. The van der Waals surface area contributed by atoms with Crippen molar-refractivity contribution in [3.8, 4) is 5.75 Å². The number of nitrogens with two attached hydrogens (primary N) is 1. The summed E-state index contributed by atoms with van der Waals surface area (Å²) in [5.74, 6) is 0.832. The predicted molar refractivity (Wildman–Crippen MR) is 76.4 cm³/mol. The third kappa shape index (κ3) is 5.59. The van der Waals surface area contributed by atoms with E-state index in [-0.39, 0.29) is 12.1 Å². The van der Waals surface area contributed by atoms with E-state index in [0.717, 1.165) is 11.3 Å². The molecule has 0 bridgehead atoms. The number of hydrogen-bond acceptors (Lipinski definition) is 4. The van der Waals surface area contributed by atoms with Crippen molar-refractivity contribution < 1.29 is 14.2 Å². The van der Waals surface area contributed by atoms with E-state index in [1.807, 2.05) is 45.0 Å². The molecule has 0 saturated carbocycles. The van der Waals surface area contributed by atoms with Crippen LogP contribution in [0.2, 0.25) is 0 Å². The minimum atomic E-state index is -0.188. The number of ether oxygens (including phenoxy) is 3. The van der Waals surface area contributed by atoms with Crippen LogP contribution in [0.5, 0.6) is 5.75 Å². The van der Waals surface area contributed by atoms with Crippen molar-refractivity contribution in [2.75, 3.05) is 26.4 Å². The Hall–Kier alpha value is -1.10. The highest BCUT2D eigenvalue weighted by molar-refractivity contribution is 5.35. The van der Waals surface area contributed by atoms with E-state index in [4.69, 9.17) is 19.9 Å². The second kappa shape index (κ2) is 8.91. The van der Waals surface area contributed by atoms with Gasteiger partial charge in [0, 0.05) is 12.2 Å². The molecule has 0 aliphatic heterocycles. The summed E-state index contributed by atoms with van der Waals surface area (Å²) in [5, 5.41) is 0. The van der Waals surface area contributed by atoms with Crippen LogP contribution in [0.4, 0.5) is 0 Å². The zero-order valence-electron chi connectivity index (χ0n) is 12.1. The van der Waals surface area contributed by atoms with Crippen molar-refractivity contribution >= 4 is 0 Å². The maximum atomic E-state index is 6.16. The summed E-state index contributed by atoms with van der Waals surface area (Å²) in [5.41, 5.74) is 7.14. The quantitative estimate of drug-likeness (QED) is 0.747. The van der Waals surface area contributed by atoms with Gasteiger partial charge in [-0.25, -0.2) is 0 Å². The lowest BCUT2D eigenvalue weighted by atomic mass is 10.1. The van der Waals surface area contributed by atoms with E-state index < -0.39 is 0 Å². The van der Waals surface area contributed by atoms with Crippen LogP contribution in [-0.4, -0.2) is 32.5 Å². The topological polar surface area (TPSA) is 53.7 Å². The maximum absolute atomic E-state index is 6.16. The summed E-state index contributed by atoms with van der Waals surface area (Å²) in [6, 6.07) is 7.63. The smallest absolute Gasteiger partial charge is 0.124 e. The molecule has 2 unspecified atom stereocenters. The maximum Gasteiger partial charge on any atom is 0.124 e. The Balaban J connectivity index is 2.50. The van der Waals surface area contributed by atoms with Crippen LogP contribution in [0.15, 0.2) is 24.3 Å².